The maximum Gasteiger partial charge on any atom is 0.130 e. The van der Waals surface area contributed by atoms with Gasteiger partial charge < -0.3 is 14.5 Å². The Kier molecular flexibility index (Phi) is 6.11. The van der Waals surface area contributed by atoms with Gasteiger partial charge in [-0.2, -0.15) is 0 Å². The third kappa shape index (κ3) is 4.95. The van der Waals surface area contributed by atoms with Crippen LogP contribution in [0.5, 0.6) is 0 Å². The fourth-order valence-electron chi connectivity index (χ4n) is 2.83. The summed E-state index contributed by atoms with van der Waals surface area (Å²) in [6, 6.07) is 2.14. The Morgan fingerprint density at radius 1 is 1.35 bits per heavy atom. The molecule has 0 atom stereocenters. The van der Waals surface area contributed by atoms with Crippen molar-refractivity contribution in [2.45, 2.75) is 59.6 Å². The third-order valence-electron chi connectivity index (χ3n) is 4.01. The molecular weight excluding hydrogens is 250 g/mol. The van der Waals surface area contributed by atoms with Crippen LogP contribution >= 0.6 is 0 Å². The average molecular weight is 279 g/mol. The number of nitrogens with one attached hydrogen (secondary N) is 1. The summed E-state index contributed by atoms with van der Waals surface area (Å²) in [7, 11) is 0. The van der Waals surface area contributed by atoms with Crippen molar-refractivity contribution in [1.29, 1.82) is 0 Å². The lowest BCUT2D eigenvalue weighted by molar-refractivity contribution is 0.0767. The molecule has 0 aromatic carbocycles. The first-order valence-electron chi connectivity index (χ1n) is 8.01. The highest BCUT2D eigenvalue weighted by Gasteiger charge is 2.15. The molecule has 1 heterocycles. The van der Waals surface area contributed by atoms with Gasteiger partial charge in [0.2, 0.25) is 0 Å². The molecule has 0 bridgehead atoms. The zero-order chi connectivity index (χ0) is 14.4. The highest BCUT2D eigenvalue weighted by molar-refractivity contribution is 5.20. The van der Waals surface area contributed by atoms with Gasteiger partial charge >= 0.3 is 0 Å². The van der Waals surface area contributed by atoms with E-state index >= 15 is 0 Å². The van der Waals surface area contributed by atoms with E-state index in [9.17, 15) is 0 Å². The van der Waals surface area contributed by atoms with Crippen LogP contribution in [-0.4, -0.2) is 13.2 Å². The molecule has 0 spiro atoms. The third-order valence-corrected chi connectivity index (χ3v) is 4.01. The number of ether oxygens (including phenoxy) is 1. The minimum Gasteiger partial charge on any atom is -0.464 e. The van der Waals surface area contributed by atoms with Crippen molar-refractivity contribution in [3.8, 4) is 0 Å². The quantitative estimate of drug-likeness (QED) is 0.780. The van der Waals surface area contributed by atoms with Crippen molar-refractivity contribution in [1.82, 2.24) is 5.32 Å². The van der Waals surface area contributed by atoms with Crippen LogP contribution in [0.2, 0.25) is 0 Å². The van der Waals surface area contributed by atoms with Gasteiger partial charge in [-0.3, -0.25) is 0 Å². The van der Waals surface area contributed by atoms with E-state index in [4.69, 9.17) is 9.15 Å². The molecule has 1 aromatic heterocycles. The normalized spacial score (nSPS) is 16.4. The van der Waals surface area contributed by atoms with Crippen LogP contribution in [0.25, 0.3) is 0 Å². The molecule has 114 valence electrons. The first-order valence-corrected chi connectivity index (χ1v) is 8.01. The van der Waals surface area contributed by atoms with Gasteiger partial charge in [0.1, 0.15) is 18.1 Å². The SMILES string of the molecule is Cc1oc(COCC2CCCC2)cc1CNCC(C)C. The maximum atomic E-state index is 5.80. The zero-order valence-electron chi connectivity index (χ0n) is 13.2. The largest absolute Gasteiger partial charge is 0.464 e. The molecular formula is C17H29NO2. The summed E-state index contributed by atoms with van der Waals surface area (Å²) in [4.78, 5) is 0. The number of aryl methyl sites for hydroxylation is 1. The molecule has 2 rings (SSSR count). The molecule has 1 aromatic rings. The van der Waals surface area contributed by atoms with Crippen LogP contribution in [-0.2, 0) is 17.9 Å². The van der Waals surface area contributed by atoms with Gasteiger partial charge in [-0.25, -0.2) is 0 Å². The van der Waals surface area contributed by atoms with Crippen molar-refractivity contribution in [3.05, 3.63) is 23.2 Å². The Hall–Kier alpha value is -0.800. The van der Waals surface area contributed by atoms with E-state index in [1.807, 2.05) is 6.92 Å². The molecule has 1 aliphatic rings. The predicted molar refractivity (Wildman–Crippen MR) is 81.6 cm³/mol. The summed E-state index contributed by atoms with van der Waals surface area (Å²) in [6.07, 6.45) is 5.42. The second kappa shape index (κ2) is 7.84. The highest BCUT2D eigenvalue weighted by atomic mass is 16.5. The van der Waals surface area contributed by atoms with E-state index in [-0.39, 0.29) is 0 Å². The van der Waals surface area contributed by atoms with Crippen molar-refractivity contribution >= 4 is 0 Å². The van der Waals surface area contributed by atoms with E-state index in [0.717, 1.165) is 37.1 Å². The Labute approximate surface area is 123 Å². The van der Waals surface area contributed by atoms with Gasteiger partial charge in [0, 0.05) is 18.7 Å². The average Bonchev–Trinajstić information content (AvgIpc) is 3.00. The Morgan fingerprint density at radius 3 is 2.80 bits per heavy atom. The van der Waals surface area contributed by atoms with Gasteiger partial charge in [-0.15, -0.1) is 0 Å². The Balaban J connectivity index is 1.71. The van der Waals surface area contributed by atoms with Crippen LogP contribution in [0.15, 0.2) is 10.5 Å². The Bertz CT molecular complexity index is 392. The van der Waals surface area contributed by atoms with Crippen molar-refractivity contribution in [2.75, 3.05) is 13.2 Å². The minimum absolute atomic E-state index is 0.613. The first-order chi connectivity index (χ1) is 9.65. The summed E-state index contributed by atoms with van der Waals surface area (Å²) in [5, 5.41) is 3.46. The van der Waals surface area contributed by atoms with Gasteiger partial charge in [0.15, 0.2) is 0 Å². The van der Waals surface area contributed by atoms with Gasteiger partial charge in [0.25, 0.3) is 0 Å². The maximum absolute atomic E-state index is 5.80. The molecule has 1 N–H and O–H groups in total. The van der Waals surface area contributed by atoms with Gasteiger partial charge in [-0.1, -0.05) is 26.7 Å². The molecule has 0 amide bonds. The smallest absolute Gasteiger partial charge is 0.130 e. The van der Waals surface area contributed by atoms with Crippen LogP contribution in [0.1, 0.15) is 56.6 Å². The summed E-state index contributed by atoms with van der Waals surface area (Å²) in [5.41, 5.74) is 1.25. The van der Waals surface area contributed by atoms with Crippen LogP contribution in [0.3, 0.4) is 0 Å². The number of hydrogen-bond acceptors (Lipinski definition) is 3. The van der Waals surface area contributed by atoms with E-state index in [1.165, 1.54) is 31.2 Å². The van der Waals surface area contributed by atoms with E-state index in [0.29, 0.717) is 12.5 Å². The topological polar surface area (TPSA) is 34.4 Å². The summed E-state index contributed by atoms with van der Waals surface area (Å²) >= 11 is 0. The van der Waals surface area contributed by atoms with Gasteiger partial charge in [-0.05, 0) is 44.2 Å². The molecule has 1 fully saturated rings. The lowest BCUT2D eigenvalue weighted by atomic mass is 10.1. The van der Waals surface area contributed by atoms with Crippen molar-refractivity contribution in [2.24, 2.45) is 11.8 Å². The summed E-state index contributed by atoms with van der Waals surface area (Å²) in [5.74, 6) is 3.43. The minimum atomic E-state index is 0.613. The standard InChI is InChI=1S/C17H29NO2/c1-13(2)9-18-10-16-8-17(20-14(16)3)12-19-11-15-6-4-5-7-15/h8,13,15,18H,4-7,9-12H2,1-3H3. The highest BCUT2D eigenvalue weighted by Crippen LogP contribution is 2.25. The number of rotatable bonds is 8. The summed E-state index contributed by atoms with van der Waals surface area (Å²) < 4.78 is 11.6. The zero-order valence-corrected chi connectivity index (χ0v) is 13.2. The lowest BCUT2D eigenvalue weighted by Gasteiger charge is -2.08. The second-order valence-electron chi connectivity index (χ2n) is 6.48. The van der Waals surface area contributed by atoms with Crippen LogP contribution in [0.4, 0.5) is 0 Å². The van der Waals surface area contributed by atoms with E-state index in [2.05, 4.69) is 25.2 Å². The molecule has 20 heavy (non-hydrogen) atoms. The monoisotopic (exact) mass is 279 g/mol. The first kappa shape index (κ1) is 15.6. The fraction of sp³-hybridized carbons (Fsp3) is 0.765. The molecule has 1 aliphatic carbocycles. The molecule has 1 saturated carbocycles. The van der Waals surface area contributed by atoms with Crippen molar-refractivity contribution in [3.63, 3.8) is 0 Å². The lowest BCUT2D eigenvalue weighted by Crippen LogP contribution is -2.18. The number of hydrogen-bond donors (Lipinski definition) is 1. The van der Waals surface area contributed by atoms with E-state index < -0.39 is 0 Å². The molecule has 0 aliphatic heterocycles. The molecule has 3 nitrogen and oxygen atoms in total. The van der Waals surface area contributed by atoms with Crippen molar-refractivity contribution < 1.29 is 9.15 Å². The van der Waals surface area contributed by atoms with E-state index in [1.54, 1.807) is 0 Å². The number of furan rings is 1. The fourth-order valence-corrected chi connectivity index (χ4v) is 2.83. The van der Waals surface area contributed by atoms with Crippen LogP contribution < -0.4 is 5.32 Å². The molecule has 0 saturated heterocycles. The van der Waals surface area contributed by atoms with Crippen LogP contribution in [0, 0.1) is 18.8 Å². The molecule has 3 heteroatoms. The predicted octanol–water partition coefficient (Wildman–Crippen LogP) is 4.04. The Morgan fingerprint density at radius 2 is 2.10 bits per heavy atom. The molecule has 0 radical (unpaired) electrons. The second-order valence-corrected chi connectivity index (χ2v) is 6.48. The summed E-state index contributed by atoms with van der Waals surface area (Å²) in [6.45, 7) is 9.90. The van der Waals surface area contributed by atoms with Gasteiger partial charge in [0.05, 0.1) is 0 Å². The molecule has 0 unspecified atom stereocenters.